The lowest BCUT2D eigenvalue weighted by molar-refractivity contribution is 0.101. The van der Waals surface area contributed by atoms with Crippen LogP contribution in [0.4, 0.5) is 0 Å². The molecule has 7 heteroatoms. The van der Waals surface area contributed by atoms with Gasteiger partial charge in [-0.15, -0.1) is 12.4 Å². The van der Waals surface area contributed by atoms with Crippen molar-refractivity contribution in [2.75, 3.05) is 19.6 Å². The molecule has 1 heterocycles. The zero-order valence-corrected chi connectivity index (χ0v) is 13.8. The molecule has 1 saturated heterocycles. The Morgan fingerprint density at radius 2 is 1.90 bits per heavy atom. The van der Waals surface area contributed by atoms with E-state index in [1.807, 2.05) is 6.92 Å². The van der Waals surface area contributed by atoms with Crippen molar-refractivity contribution < 1.29 is 13.2 Å². The van der Waals surface area contributed by atoms with Crippen LogP contribution in [0.25, 0.3) is 0 Å². The number of sulfonamides is 1. The Morgan fingerprint density at radius 3 is 2.33 bits per heavy atom. The molecule has 0 amide bonds. The number of rotatable bonds is 4. The summed E-state index contributed by atoms with van der Waals surface area (Å²) in [5, 5.41) is 0. The molecule has 1 aliphatic heterocycles. The molecular formula is C14H21ClN2O3S. The summed E-state index contributed by atoms with van der Waals surface area (Å²) < 4.78 is 26.5. The van der Waals surface area contributed by atoms with E-state index in [9.17, 15) is 13.2 Å². The smallest absolute Gasteiger partial charge is 0.243 e. The average molecular weight is 333 g/mol. The van der Waals surface area contributed by atoms with E-state index in [1.54, 1.807) is 12.1 Å². The highest BCUT2D eigenvalue weighted by Crippen LogP contribution is 2.32. The summed E-state index contributed by atoms with van der Waals surface area (Å²) >= 11 is 0. The van der Waals surface area contributed by atoms with Crippen LogP contribution in [-0.4, -0.2) is 38.1 Å². The number of hydrogen-bond acceptors (Lipinski definition) is 4. The van der Waals surface area contributed by atoms with Crippen LogP contribution in [0, 0.1) is 5.41 Å². The number of hydrogen-bond donors (Lipinski definition) is 1. The van der Waals surface area contributed by atoms with Gasteiger partial charge in [-0.25, -0.2) is 8.42 Å². The number of carbonyl (C=O) groups excluding carboxylic acids is 1. The van der Waals surface area contributed by atoms with Crippen LogP contribution in [0.5, 0.6) is 0 Å². The molecule has 21 heavy (non-hydrogen) atoms. The van der Waals surface area contributed by atoms with Crippen molar-refractivity contribution in [3.63, 3.8) is 0 Å². The zero-order chi connectivity index (χ0) is 15.0. The number of carbonyl (C=O) groups is 1. The lowest BCUT2D eigenvalue weighted by atomic mass is 9.90. The highest BCUT2D eigenvalue weighted by atomic mass is 35.5. The number of halogens is 1. The number of nitrogens with zero attached hydrogens (tertiary/aromatic N) is 1. The highest BCUT2D eigenvalue weighted by molar-refractivity contribution is 7.89. The van der Waals surface area contributed by atoms with Crippen molar-refractivity contribution in [2.24, 2.45) is 11.1 Å². The van der Waals surface area contributed by atoms with E-state index in [-0.39, 0.29) is 28.5 Å². The largest absolute Gasteiger partial charge is 0.330 e. The molecule has 1 aromatic carbocycles. The molecule has 0 bridgehead atoms. The van der Waals surface area contributed by atoms with Gasteiger partial charge in [-0.2, -0.15) is 4.31 Å². The Balaban J connectivity index is 0.00000220. The minimum atomic E-state index is -3.50. The molecule has 1 unspecified atom stereocenters. The fourth-order valence-electron chi connectivity index (χ4n) is 2.36. The maximum absolute atomic E-state index is 12.5. The molecule has 2 rings (SSSR count). The third kappa shape index (κ3) is 3.63. The predicted molar refractivity (Wildman–Crippen MR) is 84.2 cm³/mol. The molecule has 1 fully saturated rings. The normalized spacial score (nSPS) is 22.8. The third-order valence-corrected chi connectivity index (χ3v) is 5.77. The second-order valence-electron chi connectivity index (χ2n) is 5.68. The Kier molecular flexibility index (Phi) is 5.55. The fraction of sp³-hybridized carbons (Fsp3) is 0.500. The van der Waals surface area contributed by atoms with Gasteiger partial charge >= 0.3 is 0 Å². The van der Waals surface area contributed by atoms with E-state index >= 15 is 0 Å². The second kappa shape index (κ2) is 6.44. The zero-order valence-electron chi connectivity index (χ0n) is 12.2. The molecule has 0 spiro atoms. The van der Waals surface area contributed by atoms with E-state index in [4.69, 9.17) is 5.73 Å². The molecule has 2 N–H and O–H groups in total. The maximum Gasteiger partial charge on any atom is 0.243 e. The van der Waals surface area contributed by atoms with Crippen LogP contribution in [-0.2, 0) is 10.0 Å². The van der Waals surface area contributed by atoms with Crippen LogP contribution in [0.3, 0.4) is 0 Å². The maximum atomic E-state index is 12.5. The van der Waals surface area contributed by atoms with Gasteiger partial charge in [0.1, 0.15) is 0 Å². The van der Waals surface area contributed by atoms with Crippen molar-refractivity contribution in [3.05, 3.63) is 29.8 Å². The van der Waals surface area contributed by atoms with Crippen LogP contribution < -0.4 is 5.73 Å². The Bertz CT molecular complexity index is 616. The van der Waals surface area contributed by atoms with E-state index in [1.165, 1.54) is 23.4 Å². The van der Waals surface area contributed by atoms with Gasteiger partial charge < -0.3 is 5.73 Å². The second-order valence-corrected chi connectivity index (χ2v) is 7.62. The topological polar surface area (TPSA) is 80.5 Å². The molecule has 5 nitrogen and oxygen atoms in total. The number of benzene rings is 1. The van der Waals surface area contributed by atoms with E-state index in [0.717, 1.165) is 6.42 Å². The lowest BCUT2D eigenvalue weighted by Crippen LogP contribution is -2.34. The summed E-state index contributed by atoms with van der Waals surface area (Å²) in [6.07, 6.45) is 0.772. The minimum Gasteiger partial charge on any atom is -0.330 e. The highest BCUT2D eigenvalue weighted by Gasteiger charge is 2.38. The lowest BCUT2D eigenvalue weighted by Gasteiger charge is -2.22. The van der Waals surface area contributed by atoms with E-state index in [0.29, 0.717) is 25.2 Å². The molecule has 0 aliphatic carbocycles. The van der Waals surface area contributed by atoms with Crippen molar-refractivity contribution in [1.29, 1.82) is 0 Å². The minimum absolute atomic E-state index is 0. The Labute approximate surface area is 132 Å². The van der Waals surface area contributed by atoms with Crippen LogP contribution in [0.15, 0.2) is 29.2 Å². The first-order valence-electron chi connectivity index (χ1n) is 6.60. The first-order valence-corrected chi connectivity index (χ1v) is 8.04. The number of ketones is 1. The molecule has 0 saturated carbocycles. The summed E-state index contributed by atoms with van der Waals surface area (Å²) in [7, 11) is -3.50. The molecule has 0 aromatic heterocycles. The summed E-state index contributed by atoms with van der Waals surface area (Å²) in [4.78, 5) is 11.4. The van der Waals surface area contributed by atoms with Gasteiger partial charge in [0.25, 0.3) is 0 Å². The average Bonchev–Trinajstić information content (AvgIpc) is 2.83. The van der Waals surface area contributed by atoms with Gasteiger partial charge in [-0.05, 0) is 37.4 Å². The Morgan fingerprint density at radius 1 is 1.33 bits per heavy atom. The quantitative estimate of drug-likeness (QED) is 0.850. The van der Waals surface area contributed by atoms with Gasteiger partial charge in [0.2, 0.25) is 10.0 Å². The Hall–Kier alpha value is -0.950. The summed E-state index contributed by atoms with van der Waals surface area (Å²) in [5.41, 5.74) is 6.07. The summed E-state index contributed by atoms with van der Waals surface area (Å²) in [6, 6.07) is 6.08. The van der Waals surface area contributed by atoms with E-state index < -0.39 is 10.0 Å². The van der Waals surface area contributed by atoms with Crippen molar-refractivity contribution in [1.82, 2.24) is 4.31 Å². The first kappa shape index (κ1) is 18.1. The standard InChI is InChI=1S/C14H20N2O3S.ClH/c1-11(17)12-3-5-13(6-4-12)20(18,19)16-8-7-14(2,9-15)10-16;/h3-6H,7-10,15H2,1-2H3;1H. The molecule has 1 atom stereocenters. The summed E-state index contributed by atoms with van der Waals surface area (Å²) in [6.45, 7) is 4.87. The van der Waals surface area contributed by atoms with Gasteiger partial charge in [0.15, 0.2) is 5.78 Å². The van der Waals surface area contributed by atoms with Crippen molar-refractivity contribution in [3.8, 4) is 0 Å². The molecule has 1 aliphatic rings. The van der Waals surface area contributed by atoms with Gasteiger partial charge in [-0.1, -0.05) is 19.1 Å². The predicted octanol–water partition coefficient (Wildman–Crippen LogP) is 1.67. The third-order valence-electron chi connectivity index (χ3n) is 3.91. The molecule has 118 valence electrons. The molecule has 1 aromatic rings. The fourth-order valence-corrected chi connectivity index (χ4v) is 3.95. The van der Waals surface area contributed by atoms with Crippen molar-refractivity contribution in [2.45, 2.75) is 25.2 Å². The summed E-state index contributed by atoms with van der Waals surface area (Å²) in [5.74, 6) is -0.0779. The van der Waals surface area contributed by atoms with Crippen LogP contribution in [0.2, 0.25) is 0 Å². The van der Waals surface area contributed by atoms with Gasteiger partial charge in [-0.3, -0.25) is 4.79 Å². The molecule has 0 radical (unpaired) electrons. The number of Topliss-reactive ketones (excluding diaryl/α,β-unsaturated/α-hetero) is 1. The number of nitrogens with two attached hydrogens (primary N) is 1. The van der Waals surface area contributed by atoms with E-state index in [2.05, 4.69) is 0 Å². The van der Waals surface area contributed by atoms with Gasteiger partial charge in [0, 0.05) is 18.7 Å². The first-order chi connectivity index (χ1) is 9.28. The van der Waals surface area contributed by atoms with Gasteiger partial charge in [0.05, 0.1) is 4.90 Å². The SMILES string of the molecule is CC(=O)c1ccc(S(=O)(=O)N2CCC(C)(CN)C2)cc1.Cl. The van der Waals surface area contributed by atoms with Crippen LogP contribution >= 0.6 is 12.4 Å². The monoisotopic (exact) mass is 332 g/mol. The van der Waals surface area contributed by atoms with Crippen molar-refractivity contribution >= 4 is 28.2 Å². The van der Waals surface area contributed by atoms with Crippen LogP contribution in [0.1, 0.15) is 30.6 Å². The molecular weight excluding hydrogens is 312 g/mol.